The number of piperidine rings is 1. The molecular formula is C17H15F2N3. The lowest BCUT2D eigenvalue weighted by atomic mass is 9.93. The molecule has 2 aromatic rings. The third-order valence-electron chi connectivity index (χ3n) is 5.08. The summed E-state index contributed by atoms with van der Waals surface area (Å²) >= 11 is 0. The second-order valence-electron chi connectivity index (χ2n) is 6.31. The average molecular weight is 299 g/mol. The summed E-state index contributed by atoms with van der Waals surface area (Å²) in [6.07, 6.45) is 1.02. The third-order valence-corrected chi connectivity index (χ3v) is 5.08. The van der Waals surface area contributed by atoms with Gasteiger partial charge in [0, 0.05) is 30.3 Å². The number of rotatable bonds is 1. The zero-order chi connectivity index (χ0) is 15.4. The van der Waals surface area contributed by atoms with Gasteiger partial charge in [-0.05, 0) is 25.0 Å². The highest BCUT2D eigenvalue weighted by Crippen LogP contribution is 2.65. The maximum atomic E-state index is 13.5. The van der Waals surface area contributed by atoms with E-state index in [4.69, 9.17) is 0 Å². The first-order valence-electron chi connectivity index (χ1n) is 7.47. The quantitative estimate of drug-likeness (QED) is 0.805. The highest BCUT2D eigenvalue weighted by Gasteiger charge is 2.70. The molecule has 4 rings (SSSR count). The number of halogens is 2. The van der Waals surface area contributed by atoms with Crippen molar-refractivity contribution in [2.75, 3.05) is 18.0 Å². The Morgan fingerprint density at radius 2 is 1.86 bits per heavy atom. The van der Waals surface area contributed by atoms with Gasteiger partial charge < -0.3 is 4.90 Å². The summed E-state index contributed by atoms with van der Waals surface area (Å²) in [5.74, 6) is -1.76. The van der Waals surface area contributed by atoms with Crippen LogP contribution in [0.15, 0.2) is 30.3 Å². The fourth-order valence-electron chi connectivity index (χ4n) is 3.50. The molecule has 2 fully saturated rings. The number of alkyl halides is 2. The largest absolute Gasteiger partial charge is 0.357 e. The predicted octanol–water partition coefficient (Wildman–Crippen LogP) is 3.73. The lowest BCUT2D eigenvalue weighted by Crippen LogP contribution is -2.37. The van der Waals surface area contributed by atoms with E-state index < -0.39 is 11.3 Å². The third kappa shape index (κ3) is 1.87. The SMILES string of the molecule is N#Cc1cc(N2CCC3(CC2)CC3(F)F)nc2ccccc12. The van der Waals surface area contributed by atoms with Crippen LogP contribution in [0.3, 0.4) is 0 Å². The van der Waals surface area contributed by atoms with Crippen LogP contribution in [0.25, 0.3) is 10.9 Å². The van der Waals surface area contributed by atoms with Gasteiger partial charge in [-0.3, -0.25) is 0 Å². The second kappa shape index (κ2) is 4.39. The van der Waals surface area contributed by atoms with Crippen molar-refractivity contribution < 1.29 is 8.78 Å². The smallest absolute Gasteiger partial charge is 0.254 e. The molecule has 22 heavy (non-hydrogen) atoms. The maximum absolute atomic E-state index is 13.5. The van der Waals surface area contributed by atoms with E-state index in [1.165, 1.54) is 0 Å². The minimum atomic E-state index is -2.48. The van der Waals surface area contributed by atoms with Gasteiger partial charge >= 0.3 is 0 Å². The van der Waals surface area contributed by atoms with Crippen LogP contribution in [0.2, 0.25) is 0 Å². The van der Waals surface area contributed by atoms with Crippen LogP contribution in [0.4, 0.5) is 14.6 Å². The number of hydrogen-bond donors (Lipinski definition) is 0. The van der Waals surface area contributed by atoms with Crippen LogP contribution in [0, 0.1) is 16.7 Å². The molecule has 5 heteroatoms. The molecule has 3 nitrogen and oxygen atoms in total. The molecule has 1 saturated carbocycles. The Kier molecular flexibility index (Phi) is 2.68. The van der Waals surface area contributed by atoms with Crippen molar-refractivity contribution in [2.24, 2.45) is 5.41 Å². The Balaban J connectivity index is 1.64. The van der Waals surface area contributed by atoms with Gasteiger partial charge in [0.05, 0.1) is 17.1 Å². The Hall–Kier alpha value is -2.22. The highest BCUT2D eigenvalue weighted by molar-refractivity contribution is 5.86. The van der Waals surface area contributed by atoms with Crippen molar-refractivity contribution >= 4 is 16.7 Å². The topological polar surface area (TPSA) is 39.9 Å². The van der Waals surface area contributed by atoms with E-state index in [9.17, 15) is 14.0 Å². The predicted molar refractivity (Wildman–Crippen MR) is 79.9 cm³/mol. The minimum absolute atomic E-state index is 0.0302. The average Bonchev–Trinajstić information content (AvgIpc) is 3.06. The van der Waals surface area contributed by atoms with Gasteiger partial charge in [0.1, 0.15) is 5.82 Å². The first-order valence-corrected chi connectivity index (χ1v) is 7.47. The molecule has 0 unspecified atom stereocenters. The Bertz CT molecular complexity index is 786. The summed E-state index contributed by atoms with van der Waals surface area (Å²) in [5.41, 5.74) is 0.588. The van der Waals surface area contributed by atoms with Gasteiger partial charge in [-0.25, -0.2) is 13.8 Å². The maximum Gasteiger partial charge on any atom is 0.254 e. The molecule has 0 atom stereocenters. The van der Waals surface area contributed by atoms with Gasteiger partial charge in [0.2, 0.25) is 0 Å². The Morgan fingerprint density at radius 1 is 1.18 bits per heavy atom. The first kappa shape index (κ1) is 13.4. The normalized spacial score (nSPS) is 21.8. The monoisotopic (exact) mass is 299 g/mol. The van der Waals surface area contributed by atoms with Crippen LogP contribution in [0.5, 0.6) is 0 Å². The summed E-state index contributed by atoms with van der Waals surface area (Å²) in [7, 11) is 0. The fourth-order valence-corrected chi connectivity index (χ4v) is 3.50. The van der Waals surface area contributed by atoms with Crippen molar-refractivity contribution in [1.82, 2.24) is 4.98 Å². The molecule has 1 aliphatic carbocycles. The Morgan fingerprint density at radius 3 is 2.50 bits per heavy atom. The zero-order valence-electron chi connectivity index (χ0n) is 12.0. The van der Waals surface area contributed by atoms with E-state index in [1.807, 2.05) is 29.2 Å². The number of benzene rings is 1. The fraction of sp³-hybridized carbons (Fsp3) is 0.412. The number of pyridine rings is 1. The van der Waals surface area contributed by atoms with Gasteiger partial charge in [-0.2, -0.15) is 5.26 Å². The molecule has 1 spiro atoms. The van der Waals surface area contributed by atoms with Crippen LogP contribution in [-0.2, 0) is 0 Å². The molecular weight excluding hydrogens is 284 g/mol. The summed E-state index contributed by atoms with van der Waals surface area (Å²) in [6.45, 7) is 1.15. The van der Waals surface area contributed by atoms with Gasteiger partial charge in [-0.1, -0.05) is 18.2 Å². The molecule has 0 radical (unpaired) electrons. The van der Waals surface area contributed by atoms with E-state index in [1.54, 1.807) is 6.07 Å². The molecule has 112 valence electrons. The summed E-state index contributed by atoms with van der Waals surface area (Å²) in [5, 5.41) is 10.2. The van der Waals surface area contributed by atoms with Crippen LogP contribution >= 0.6 is 0 Å². The molecule has 1 aromatic carbocycles. The number of para-hydroxylation sites is 1. The summed E-state index contributed by atoms with van der Waals surface area (Å²) < 4.78 is 26.9. The van der Waals surface area contributed by atoms with Crippen molar-refractivity contribution in [3.8, 4) is 6.07 Å². The minimum Gasteiger partial charge on any atom is -0.357 e. The molecule has 2 heterocycles. The molecule has 2 aliphatic rings. The number of aromatic nitrogens is 1. The Labute approximate surface area is 127 Å². The number of nitriles is 1. The van der Waals surface area contributed by atoms with Gasteiger partial charge in [-0.15, -0.1) is 0 Å². The van der Waals surface area contributed by atoms with E-state index in [-0.39, 0.29) is 6.42 Å². The van der Waals surface area contributed by atoms with E-state index in [0.29, 0.717) is 37.3 Å². The van der Waals surface area contributed by atoms with Crippen molar-refractivity contribution in [2.45, 2.75) is 25.2 Å². The zero-order valence-corrected chi connectivity index (χ0v) is 12.0. The van der Waals surface area contributed by atoms with Crippen LogP contribution < -0.4 is 4.90 Å². The standard InChI is InChI=1S/C17H15F2N3/c18-17(19)11-16(17)5-7-22(8-6-16)15-9-12(10-20)13-3-1-2-4-14(13)21-15/h1-4,9H,5-8,11H2. The lowest BCUT2D eigenvalue weighted by molar-refractivity contribution is 0.0536. The highest BCUT2D eigenvalue weighted by atomic mass is 19.3. The molecule has 1 aliphatic heterocycles. The van der Waals surface area contributed by atoms with E-state index in [0.717, 1.165) is 10.9 Å². The lowest BCUT2D eigenvalue weighted by Gasteiger charge is -2.33. The summed E-state index contributed by atoms with van der Waals surface area (Å²) in [6, 6.07) is 11.5. The second-order valence-corrected chi connectivity index (χ2v) is 6.31. The van der Waals surface area contributed by atoms with Crippen LogP contribution in [-0.4, -0.2) is 24.0 Å². The molecule has 1 saturated heterocycles. The molecule has 1 aromatic heterocycles. The van der Waals surface area contributed by atoms with Crippen molar-refractivity contribution in [1.29, 1.82) is 5.26 Å². The van der Waals surface area contributed by atoms with Crippen molar-refractivity contribution in [3.63, 3.8) is 0 Å². The van der Waals surface area contributed by atoms with Gasteiger partial charge in [0.25, 0.3) is 5.92 Å². The van der Waals surface area contributed by atoms with E-state index in [2.05, 4.69) is 11.1 Å². The molecule has 0 N–H and O–H groups in total. The van der Waals surface area contributed by atoms with E-state index >= 15 is 0 Å². The number of hydrogen-bond acceptors (Lipinski definition) is 3. The first-order chi connectivity index (χ1) is 10.5. The van der Waals surface area contributed by atoms with Crippen LogP contribution in [0.1, 0.15) is 24.8 Å². The molecule has 0 bridgehead atoms. The number of nitrogens with zero attached hydrogens (tertiary/aromatic N) is 3. The number of anilines is 1. The molecule has 0 amide bonds. The van der Waals surface area contributed by atoms with Gasteiger partial charge in [0.15, 0.2) is 0 Å². The number of fused-ring (bicyclic) bond motifs is 1. The van der Waals surface area contributed by atoms with Crippen molar-refractivity contribution in [3.05, 3.63) is 35.9 Å². The summed E-state index contributed by atoms with van der Waals surface area (Å²) in [4.78, 5) is 6.62.